The Morgan fingerprint density at radius 2 is 1.77 bits per heavy atom. The Labute approximate surface area is 181 Å². The molecule has 0 unspecified atom stereocenters. The molecule has 2 aliphatic heterocycles. The lowest BCUT2D eigenvalue weighted by Crippen LogP contribution is -2.60. The minimum atomic E-state index is -3.80. The molecule has 0 spiro atoms. The Morgan fingerprint density at radius 1 is 1.13 bits per heavy atom. The topological polar surface area (TPSA) is 90.8 Å². The number of aromatic nitrogens is 2. The van der Waals surface area contributed by atoms with Gasteiger partial charge in [-0.05, 0) is 37.6 Å². The summed E-state index contributed by atoms with van der Waals surface area (Å²) < 4.78 is 44.1. The smallest absolute Gasteiger partial charge is 0.280 e. The third kappa shape index (κ3) is 4.30. The van der Waals surface area contributed by atoms with Gasteiger partial charge >= 0.3 is 0 Å². The second-order valence-electron chi connectivity index (χ2n) is 8.08. The van der Waals surface area contributed by atoms with Gasteiger partial charge in [0.15, 0.2) is 0 Å². The lowest BCUT2D eigenvalue weighted by molar-refractivity contribution is -0.136. The summed E-state index contributed by atoms with van der Waals surface area (Å²) in [7, 11) is -0.587. The first kappa shape index (κ1) is 21.7. The van der Waals surface area contributed by atoms with E-state index in [1.165, 1.54) is 19.2 Å². The van der Waals surface area contributed by atoms with Gasteiger partial charge in [-0.15, -0.1) is 0 Å². The van der Waals surface area contributed by atoms with Crippen molar-refractivity contribution in [2.45, 2.75) is 25.4 Å². The zero-order valence-electron chi connectivity index (χ0n) is 17.8. The predicted molar refractivity (Wildman–Crippen MR) is 114 cm³/mol. The number of amides is 1. The number of benzene rings is 1. The van der Waals surface area contributed by atoms with E-state index >= 15 is 0 Å². The van der Waals surface area contributed by atoms with Crippen molar-refractivity contribution in [1.29, 1.82) is 0 Å². The molecule has 2 fully saturated rings. The molecule has 11 heteroatoms. The van der Waals surface area contributed by atoms with Gasteiger partial charge in [0, 0.05) is 57.7 Å². The molecule has 2 aromatic rings. The van der Waals surface area contributed by atoms with E-state index in [0.717, 1.165) is 21.2 Å². The van der Waals surface area contributed by atoms with Crippen molar-refractivity contribution in [3.8, 4) is 0 Å². The largest absolute Gasteiger partial charge is 0.368 e. The Kier molecular flexibility index (Phi) is 5.75. The van der Waals surface area contributed by atoms with Crippen LogP contribution in [0, 0.1) is 12.7 Å². The van der Waals surface area contributed by atoms with E-state index in [1.54, 1.807) is 35.0 Å². The number of anilines is 1. The maximum atomic E-state index is 13.3. The van der Waals surface area contributed by atoms with Crippen LogP contribution in [0.3, 0.4) is 0 Å². The Bertz CT molecular complexity index is 1060. The summed E-state index contributed by atoms with van der Waals surface area (Å²) in [5.74, 6) is -0.482. The molecule has 1 amide bonds. The highest BCUT2D eigenvalue weighted by Crippen LogP contribution is 2.30. The Hall–Kier alpha value is -2.50. The van der Waals surface area contributed by atoms with Crippen molar-refractivity contribution >= 4 is 21.8 Å². The van der Waals surface area contributed by atoms with Crippen molar-refractivity contribution in [3.05, 3.63) is 47.5 Å². The fourth-order valence-corrected chi connectivity index (χ4v) is 5.57. The fraction of sp³-hybridized carbons (Fsp3) is 0.500. The minimum absolute atomic E-state index is 0.196. The zero-order chi connectivity index (χ0) is 22.3. The van der Waals surface area contributed by atoms with Crippen LogP contribution in [0.25, 0.3) is 0 Å². The van der Waals surface area contributed by atoms with Crippen LogP contribution in [0.15, 0.2) is 30.5 Å². The van der Waals surface area contributed by atoms with E-state index in [-0.39, 0.29) is 11.7 Å². The molecule has 1 aromatic heterocycles. The molecule has 4 rings (SSSR count). The first-order valence-electron chi connectivity index (χ1n) is 10.2. The maximum absolute atomic E-state index is 13.3. The van der Waals surface area contributed by atoms with Crippen LogP contribution < -0.4 is 9.62 Å². The normalized spacial score (nSPS) is 24.4. The third-order valence-corrected chi connectivity index (χ3v) is 7.66. The van der Waals surface area contributed by atoms with E-state index in [1.807, 2.05) is 6.92 Å². The average Bonchev–Trinajstić information content (AvgIpc) is 3.08. The average molecular weight is 451 g/mol. The molecule has 31 heavy (non-hydrogen) atoms. The second kappa shape index (κ2) is 8.21. The van der Waals surface area contributed by atoms with Crippen molar-refractivity contribution in [3.63, 3.8) is 0 Å². The third-order valence-electron chi connectivity index (χ3n) is 6.06. The number of hydrogen-bond acceptors (Lipinski definition) is 5. The summed E-state index contributed by atoms with van der Waals surface area (Å²) in [6.07, 6.45) is 2.12. The minimum Gasteiger partial charge on any atom is -0.368 e. The molecular weight excluding hydrogens is 423 g/mol. The molecule has 2 saturated heterocycles. The van der Waals surface area contributed by atoms with Crippen molar-refractivity contribution in [1.82, 2.24) is 23.7 Å². The SMILES string of the molecule is Cc1nn(C)cc1[C@@H]1C[C@H](C(=O)N2CCN(c3ccc(F)cc3)CC2)N(C)S(=O)(=O)N1. The van der Waals surface area contributed by atoms with Gasteiger partial charge in [-0.1, -0.05) is 0 Å². The first-order valence-corrected chi connectivity index (χ1v) is 11.6. The van der Waals surface area contributed by atoms with Gasteiger partial charge in [0.2, 0.25) is 5.91 Å². The number of nitrogens with one attached hydrogen (secondary N) is 1. The van der Waals surface area contributed by atoms with Gasteiger partial charge in [-0.2, -0.15) is 22.5 Å². The molecule has 0 radical (unpaired) electrons. The number of carbonyl (C=O) groups is 1. The standard InChI is InChI=1S/C20H27FN6O3S/c1-14-17(13-24(2)22-14)18-12-19(25(3)31(29,30)23-18)20(28)27-10-8-26(9-11-27)16-6-4-15(21)5-7-16/h4-7,13,18-19,23H,8-12H2,1-3H3/t18-,19+/m0/s1. The van der Waals surface area contributed by atoms with Crippen LogP contribution in [0.2, 0.25) is 0 Å². The van der Waals surface area contributed by atoms with Crippen LogP contribution in [-0.4, -0.2) is 72.6 Å². The quantitative estimate of drug-likeness (QED) is 0.747. The van der Waals surface area contributed by atoms with Crippen molar-refractivity contribution < 1.29 is 17.6 Å². The van der Waals surface area contributed by atoms with E-state index in [2.05, 4.69) is 14.7 Å². The number of halogens is 1. The molecule has 9 nitrogen and oxygen atoms in total. The second-order valence-corrected chi connectivity index (χ2v) is 9.84. The van der Waals surface area contributed by atoms with Crippen LogP contribution in [0.4, 0.5) is 10.1 Å². The van der Waals surface area contributed by atoms with Gasteiger partial charge in [-0.25, -0.2) is 4.39 Å². The number of hydrogen-bond donors (Lipinski definition) is 1. The van der Waals surface area contributed by atoms with Gasteiger partial charge in [-0.3, -0.25) is 9.48 Å². The van der Waals surface area contributed by atoms with Gasteiger partial charge in [0.05, 0.1) is 11.7 Å². The number of likely N-dealkylation sites (N-methyl/N-ethyl adjacent to an activating group) is 1. The first-order chi connectivity index (χ1) is 14.7. The molecule has 0 aliphatic carbocycles. The van der Waals surface area contributed by atoms with E-state index < -0.39 is 22.3 Å². The molecular formula is C20H27FN6O3S. The molecule has 3 heterocycles. The van der Waals surface area contributed by atoms with Crippen LogP contribution in [-0.2, 0) is 22.1 Å². The molecule has 2 atom stereocenters. The molecule has 1 N–H and O–H groups in total. The van der Waals surface area contributed by atoms with Gasteiger partial charge in [0.1, 0.15) is 11.9 Å². The van der Waals surface area contributed by atoms with E-state index in [0.29, 0.717) is 32.6 Å². The number of carbonyl (C=O) groups excluding carboxylic acids is 1. The summed E-state index contributed by atoms with van der Waals surface area (Å²) >= 11 is 0. The summed E-state index contributed by atoms with van der Waals surface area (Å²) in [5, 5.41) is 4.30. The fourth-order valence-electron chi connectivity index (χ4n) is 4.30. The summed E-state index contributed by atoms with van der Waals surface area (Å²) in [4.78, 5) is 17.1. The lowest BCUT2D eigenvalue weighted by Gasteiger charge is -2.41. The summed E-state index contributed by atoms with van der Waals surface area (Å²) in [5.41, 5.74) is 2.42. The number of nitrogens with zero attached hydrogens (tertiary/aromatic N) is 5. The summed E-state index contributed by atoms with van der Waals surface area (Å²) in [6.45, 7) is 3.98. The molecule has 2 aliphatic rings. The number of aryl methyl sites for hydroxylation is 2. The maximum Gasteiger partial charge on any atom is 0.280 e. The summed E-state index contributed by atoms with van der Waals surface area (Å²) in [6, 6.07) is 4.99. The zero-order valence-corrected chi connectivity index (χ0v) is 18.6. The number of rotatable bonds is 3. The Morgan fingerprint density at radius 3 is 2.35 bits per heavy atom. The number of piperazine rings is 1. The van der Waals surface area contributed by atoms with Crippen molar-refractivity contribution in [2.24, 2.45) is 7.05 Å². The van der Waals surface area contributed by atoms with Gasteiger partial charge < -0.3 is 9.80 Å². The molecule has 1 aromatic carbocycles. The van der Waals surface area contributed by atoms with Crippen molar-refractivity contribution in [2.75, 3.05) is 38.1 Å². The van der Waals surface area contributed by atoms with E-state index in [9.17, 15) is 17.6 Å². The van der Waals surface area contributed by atoms with E-state index in [4.69, 9.17) is 0 Å². The molecule has 0 bridgehead atoms. The van der Waals surface area contributed by atoms with Crippen LogP contribution in [0.1, 0.15) is 23.7 Å². The Balaban J connectivity index is 1.48. The molecule has 168 valence electrons. The predicted octanol–water partition coefficient (Wildman–Crippen LogP) is 0.796. The lowest BCUT2D eigenvalue weighted by atomic mass is 9.99. The van der Waals surface area contributed by atoms with Crippen LogP contribution >= 0.6 is 0 Å². The highest BCUT2D eigenvalue weighted by atomic mass is 32.2. The van der Waals surface area contributed by atoms with Gasteiger partial charge in [0.25, 0.3) is 10.2 Å². The highest BCUT2D eigenvalue weighted by molar-refractivity contribution is 7.87. The monoisotopic (exact) mass is 450 g/mol. The molecule has 0 saturated carbocycles. The highest BCUT2D eigenvalue weighted by Gasteiger charge is 2.43. The van der Waals surface area contributed by atoms with Crippen LogP contribution in [0.5, 0.6) is 0 Å².